The van der Waals surface area contributed by atoms with E-state index in [1.807, 2.05) is 27.7 Å². The quantitative estimate of drug-likeness (QED) is 0.703. The number of aliphatic carboxylic acids is 1. The van der Waals surface area contributed by atoms with Crippen LogP contribution in [0.4, 0.5) is 0 Å². The Labute approximate surface area is 77.7 Å². The van der Waals surface area contributed by atoms with Crippen molar-refractivity contribution in [1.29, 1.82) is 0 Å². The van der Waals surface area contributed by atoms with E-state index in [1.54, 1.807) is 11.8 Å². The van der Waals surface area contributed by atoms with Gasteiger partial charge in [0.1, 0.15) is 6.04 Å². The molecule has 0 aliphatic carbocycles. The van der Waals surface area contributed by atoms with Crippen LogP contribution in [0.3, 0.4) is 0 Å². The largest absolute Gasteiger partial charge is 0.480 e. The fourth-order valence-electron chi connectivity index (χ4n) is 0.978. The summed E-state index contributed by atoms with van der Waals surface area (Å²) in [5.41, 5.74) is 5.52. The molecule has 0 aromatic heterocycles. The van der Waals surface area contributed by atoms with E-state index >= 15 is 0 Å². The molecule has 3 N–H and O–H groups in total. The molecule has 0 bridgehead atoms. The number of thioether (sulfide) groups is 1. The number of nitrogens with two attached hydrogens (primary N) is 1. The van der Waals surface area contributed by atoms with Crippen LogP contribution in [0.1, 0.15) is 27.7 Å². The Morgan fingerprint density at radius 2 is 1.92 bits per heavy atom. The third-order valence-corrected chi connectivity index (χ3v) is 2.89. The lowest BCUT2D eigenvalue weighted by Gasteiger charge is -2.29. The van der Waals surface area contributed by atoms with E-state index in [2.05, 4.69) is 0 Å². The number of carboxylic acids is 1. The van der Waals surface area contributed by atoms with Gasteiger partial charge in [0.25, 0.3) is 0 Å². The van der Waals surface area contributed by atoms with E-state index < -0.39 is 16.8 Å². The van der Waals surface area contributed by atoms with Crippen LogP contribution in [0.25, 0.3) is 0 Å². The molecule has 0 aliphatic heterocycles. The van der Waals surface area contributed by atoms with Crippen molar-refractivity contribution in [2.75, 3.05) is 0 Å². The minimum Gasteiger partial charge on any atom is -0.480 e. The second kappa shape index (κ2) is 4.14. The predicted molar refractivity (Wildman–Crippen MR) is 52.4 cm³/mol. The molecule has 0 spiro atoms. The van der Waals surface area contributed by atoms with Crippen molar-refractivity contribution < 1.29 is 9.90 Å². The summed E-state index contributed by atoms with van der Waals surface area (Å²) in [5, 5.41) is 9.09. The summed E-state index contributed by atoms with van der Waals surface area (Å²) in [6.45, 7) is 7.77. The molecule has 0 saturated carbocycles. The van der Waals surface area contributed by atoms with Gasteiger partial charge in [-0.1, -0.05) is 13.8 Å². The smallest absolute Gasteiger partial charge is 0.321 e. The molecule has 0 heterocycles. The van der Waals surface area contributed by atoms with Gasteiger partial charge >= 0.3 is 5.97 Å². The zero-order valence-electron chi connectivity index (χ0n) is 8.00. The molecular formula is C8H17NO2S. The van der Waals surface area contributed by atoms with Crippen LogP contribution >= 0.6 is 11.8 Å². The maximum atomic E-state index is 10.6. The molecule has 0 aromatic rings. The first-order valence-electron chi connectivity index (χ1n) is 3.93. The number of rotatable bonds is 4. The third kappa shape index (κ3) is 3.45. The monoisotopic (exact) mass is 191 g/mol. The summed E-state index contributed by atoms with van der Waals surface area (Å²) in [4.78, 5) is 10.6. The maximum absolute atomic E-state index is 10.6. The lowest BCUT2D eigenvalue weighted by molar-refractivity contribution is -0.139. The van der Waals surface area contributed by atoms with Gasteiger partial charge in [0.05, 0.1) is 0 Å². The number of carboxylic acid groups (broad SMARTS) is 1. The molecule has 0 fully saturated rings. The molecule has 0 rings (SSSR count). The van der Waals surface area contributed by atoms with Crippen molar-refractivity contribution in [3.05, 3.63) is 0 Å². The van der Waals surface area contributed by atoms with Crippen molar-refractivity contribution in [1.82, 2.24) is 0 Å². The third-order valence-electron chi connectivity index (χ3n) is 1.55. The Bertz CT molecular complexity index is 168. The highest BCUT2D eigenvalue weighted by molar-refractivity contribution is 8.01. The summed E-state index contributed by atoms with van der Waals surface area (Å²) in [7, 11) is 0. The first-order chi connectivity index (χ1) is 5.27. The topological polar surface area (TPSA) is 63.3 Å². The molecule has 0 radical (unpaired) electrons. The Morgan fingerprint density at radius 1 is 1.50 bits per heavy atom. The van der Waals surface area contributed by atoms with Crippen LogP contribution < -0.4 is 5.73 Å². The molecule has 3 nitrogen and oxygen atoms in total. The van der Waals surface area contributed by atoms with Crippen molar-refractivity contribution >= 4 is 17.7 Å². The van der Waals surface area contributed by atoms with Crippen LogP contribution in [0.5, 0.6) is 0 Å². The van der Waals surface area contributed by atoms with Crippen molar-refractivity contribution in [3.63, 3.8) is 0 Å². The van der Waals surface area contributed by atoms with Crippen molar-refractivity contribution in [2.24, 2.45) is 5.73 Å². The lowest BCUT2D eigenvalue weighted by atomic mass is 10.1. The van der Waals surface area contributed by atoms with Crippen LogP contribution in [0, 0.1) is 0 Å². The SMILES string of the molecule is CC(C)SC(C)(C)C(N)C(=O)O. The molecule has 1 unspecified atom stereocenters. The predicted octanol–water partition coefficient (Wildman–Crippen LogP) is 1.32. The molecule has 72 valence electrons. The normalized spacial score (nSPS) is 14.8. The van der Waals surface area contributed by atoms with Gasteiger partial charge in [-0.15, -0.1) is 0 Å². The highest BCUT2D eigenvalue weighted by Gasteiger charge is 2.33. The first kappa shape index (κ1) is 11.8. The summed E-state index contributed by atoms with van der Waals surface area (Å²) in [6, 6.07) is -0.801. The van der Waals surface area contributed by atoms with Gasteiger partial charge in [0.2, 0.25) is 0 Å². The Balaban J connectivity index is 4.28. The number of hydrogen-bond acceptors (Lipinski definition) is 3. The van der Waals surface area contributed by atoms with E-state index in [1.165, 1.54) is 0 Å². The summed E-state index contributed by atoms with van der Waals surface area (Å²) in [5.74, 6) is -0.937. The minimum atomic E-state index is -0.937. The molecule has 0 aromatic carbocycles. The molecule has 0 saturated heterocycles. The molecule has 0 aliphatic rings. The molecule has 12 heavy (non-hydrogen) atoms. The van der Waals surface area contributed by atoms with E-state index in [0.29, 0.717) is 5.25 Å². The Kier molecular flexibility index (Phi) is 4.06. The van der Waals surface area contributed by atoms with E-state index in [9.17, 15) is 4.79 Å². The van der Waals surface area contributed by atoms with Gasteiger partial charge < -0.3 is 10.8 Å². The number of hydrogen-bond donors (Lipinski definition) is 2. The van der Waals surface area contributed by atoms with Crippen LogP contribution in [0.2, 0.25) is 0 Å². The van der Waals surface area contributed by atoms with Crippen LogP contribution in [-0.4, -0.2) is 27.1 Å². The zero-order valence-corrected chi connectivity index (χ0v) is 8.81. The standard InChI is InChI=1S/C8H17NO2S/c1-5(2)12-8(3,4)6(9)7(10)11/h5-6H,9H2,1-4H3,(H,10,11). The van der Waals surface area contributed by atoms with Crippen molar-refractivity contribution in [2.45, 2.75) is 43.7 Å². The van der Waals surface area contributed by atoms with E-state index in [0.717, 1.165) is 0 Å². The first-order valence-corrected chi connectivity index (χ1v) is 4.81. The lowest BCUT2D eigenvalue weighted by Crippen LogP contribution is -2.47. The highest BCUT2D eigenvalue weighted by Crippen LogP contribution is 2.30. The average molecular weight is 191 g/mol. The van der Waals surface area contributed by atoms with Crippen LogP contribution in [-0.2, 0) is 4.79 Å². The minimum absolute atomic E-state index is 0.394. The van der Waals surface area contributed by atoms with E-state index in [4.69, 9.17) is 10.8 Å². The van der Waals surface area contributed by atoms with Gasteiger partial charge in [0.15, 0.2) is 0 Å². The van der Waals surface area contributed by atoms with Gasteiger partial charge in [0, 0.05) is 4.75 Å². The van der Waals surface area contributed by atoms with E-state index in [-0.39, 0.29) is 0 Å². The fourth-order valence-corrected chi connectivity index (χ4v) is 2.44. The van der Waals surface area contributed by atoms with Crippen molar-refractivity contribution in [3.8, 4) is 0 Å². The summed E-state index contributed by atoms with van der Waals surface area (Å²) in [6.07, 6.45) is 0. The summed E-state index contributed by atoms with van der Waals surface area (Å²) < 4.78 is -0.403. The Morgan fingerprint density at radius 3 is 2.17 bits per heavy atom. The second-order valence-electron chi connectivity index (χ2n) is 3.59. The number of carbonyl (C=O) groups is 1. The maximum Gasteiger partial charge on any atom is 0.321 e. The van der Waals surface area contributed by atoms with Gasteiger partial charge in [-0.2, -0.15) is 11.8 Å². The second-order valence-corrected chi connectivity index (χ2v) is 5.82. The fraction of sp³-hybridized carbons (Fsp3) is 0.875. The van der Waals surface area contributed by atoms with Gasteiger partial charge in [-0.25, -0.2) is 0 Å². The molecular weight excluding hydrogens is 174 g/mol. The highest BCUT2D eigenvalue weighted by atomic mass is 32.2. The average Bonchev–Trinajstić information content (AvgIpc) is 1.82. The molecule has 1 atom stereocenters. The molecule has 0 amide bonds. The molecule has 4 heteroatoms. The zero-order chi connectivity index (χ0) is 9.94. The Hall–Kier alpha value is -0.220. The van der Waals surface area contributed by atoms with Gasteiger partial charge in [-0.05, 0) is 19.1 Å². The van der Waals surface area contributed by atoms with Crippen LogP contribution in [0.15, 0.2) is 0 Å². The van der Waals surface area contributed by atoms with Gasteiger partial charge in [-0.3, -0.25) is 4.79 Å². The summed E-state index contributed by atoms with van der Waals surface area (Å²) >= 11 is 1.59.